The van der Waals surface area contributed by atoms with Gasteiger partial charge in [0.2, 0.25) is 0 Å². The molecule has 20 heavy (non-hydrogen) atoms. The van der Waals surface area contributed by atoms with Crippen LogP contribution in [-0.2, 0) is 12.6 Å². The topological polar surface area (TPSA) is 12.0 Å². The predicted octanol–water partition coefficient (Wildman–Crippen LogP) is 4.42. The Labute approximate surface area is 118 Å². The van der Waals surface area contributed by atoms with Crippen molar-refractivity contribution in [3.05, 3.63) is 35.4 Å². The molecule has 1 N–H and O–H groups in total. The van der Waals surface area contributed by atoms with E-state index in [0.717, 1.165) is 50.4 Å². The van der Waals surface area contributed by atoms with Gasteiger partial charge in [0, 0.05) is 6.54 Å². The van der Waals surface area contributed by atoms with E-state index in [2.05, 4.69) is 12.2 Å². The highest BCUT2D eigenvalue weighted by Crippen LogP contribution is 2.43. The molecule has 0 heterocycles. The zero-order chi connectivity index (χ0) is 14.6. The molecular weight excluding hydrogens is 263 g/mol. The van der Waals surface area contributed by atoms with Crippen molar-refractivity contribution in [1.29, 1.82) is 0 Å². The van der Waals surface area contributed by atoms with Crippen LogP contribution < -0.4 is 5.32 Å². The third-order valence-electron chi connectivity index (χ3n) is 4.17. The molecule has 1 aromatic rings. The summed E-state index contributed by atoms with van der Waals surface area (Å²) in [5, 5.41) is 3.42. The van der Waals surface area contributed by atoms with Gasteiger partial charge < -0.3 is 5.32 Å². The summed E-state index contributed by atoms with van der Waals surface area (Å²) in [5.41, 5.74) is 0.433. The zero-order valence-electron chi connectivity index (χ0n) is 11.9. The van der Waals surface area contributed by atoms with Crippen molar-refractivity contribution in [2.45, 2.75) is 45.2 Å². The first-order valence-electron chi connectivity index (χ1n) is 7.32. The van der Waals surface area contributed by atoms with Crippen LogP contribution in [0.15, 0.2) is 24.3 Å². The Hall–Kier alpha value is -1.03. The van der Waals surface area contributed by atoms with E-state index < -0.39 is 11.7 Å². The van der Waals surface area contributed by atoms with Crippen LogP contribution in [0.2, 0.25) is 0 Å². The van der Waals surface area contributed by atoms with Crippen molar-refractivity contribution < 1.29 is 13.2 Å². The van der Waals surface area contributed by atoms with Crippen molar-refractivity contribution in [2.75, 3.05) is 13.1 Å². The van der Waals surface area contributed by atoms with Crippen molar-refractivity contribution >= 4 is 0 Å². The lowest BCUT2D eigenvalue weighted by Crippen LogP contribution is -2.41. The monoisotopic (exact) mass is 285 g/mol. The van der Waals surface area contributed by atoms with Gasteiger partial charge in [0.15, 0.2) is 0 Å². The summed E-state index contributed by atoms with van der Waals surface area (Å²) < 4.78 is 38.2. The van der Waals surface area contributed by atoms with E-state index in [4.69, 9.17) is 0 Å². The third kappa shape index (κ3) is 3.75. The van der Waals surface area contributed by atoms with E-state index in [-0.39, 0.29) is 5.41 Å². The van der Waals surface area contributed by atoms with Crippen LogP contribution in [0.4, 0.5) is 13.2 Å². The molecule has 0 amide bonds. The molecule has 1 nitrogen and oxygen atoms in total. The Morgan fingerprint density at radius 3 is 2.55 bits per heavy atom. The molecule has 1 aromatic carbocycles. The second-order valence-electron chi connectivity index (χ2n) is 5.91. The molecule has 1 aliphatic carbocycles. The summed E-state index contributed by atoms with van der Waals surface area (Å²) in [7, 11) is 0. The first kappa shape index (κ1) is 15.4. The molecule has 0 aliphatic heterocycles. The van der Waals surface area contributed by atoms with Gasteiger partial charge in [-0.3, -0.25) is 0 Å². The number of rotatable bonds is 6. The van der Waals surface area contributed by atoms with Gasteiger partial charge >= 0.3 is 6.18 Å². The Morgan fingerprint density at radius 2 is 2.00 bits per heavy atom. The number of halogens is 3. The van der Waals surface area contributed by atoms with Gasteiger partial charge in [0.05, 0.1) is 5.56 Å². The van der Waals surface area contributed by atoms with Gasteiger partial charge in [-0.15, -0.1) is 0 Å². The molecule has 2 rings (SSSR count). The molecule has 1 fully saturated rings. The van der Waals surface area contributed by atoms with Crippen molar-refractivity contribution in [3.63, 3.8) is 0 Å². The number of benzene rings is 1. The Kier molecular flexibility index (Phi) is 4.74. The molecule has 0 aromatic heterocycles. The number of alkyl halides is 3. The fourth-order valence-electron chi connectivity index (χ4n) is 2.91. The molecule has 1 saturated carbocycles. The minimum Gasteiger partial charge on any atom is -0.316 e. The van der Waals surface area contributed by atoms with Gasteiger partial charge in [-0.25, -0.2) is 0 Å². The molecule has 0 radical (unpaired) electrons. The maximum absolute atomic E-state index is 12.7. The number of nitrogens with one attached hydrogen (secondary N) is 1. The Morgan fingerprint density at radius 1 is 1.25 bits per heavy atom. The van der Waals surface area contributed by atoms with Crippen LogP contribution in [-0.4, -0.2) is 13.1 Å². The summed E-state index contributed by atoms with van der Waals surface area (Å²) in [4.78, 5) is 0. The molecule has 1 aliphatic rings. The molecule has 0 unspecified atom stereocenters. The maximum atomic E-state index is 12.7. The van der Waals surface area contributed by atoms with E-state index in [0.29, 0.717) is 0 Å². The number of hydrogen-bond acceptors (Lipinski definition) is 1. The largest absolute Gasteiger partial charge is 0.416 e. The van der Waals surface area contributed by atoms with E-state index >= 15 is 0 Å². The standard InChI is InChI=1S/C16H22F3N/c1-2-9-20-12-15(7-4-8-15)11-13-5-3-6-14(10-13)16(17,18)19/h3,5-6,10,20H,2,4,7-9,11-12H2,1H3. The molecule has 112 valence electrons. The number of hydrogen-bond donors (Lipinski definition) is 1. The molecule has 4 heteroatoms. The molecule has 0 atom stereocenters. The Bertz CT molecular complexity index is 436. The van der Waals surface area contributed by atoms with E-state index in [1.54, 1.807) is 0 Å². The lowest BCUT2D eigenvalue weighted by Gasteiger charge is -2.42. The summed E-state index contributed by atoms with van der Waals surface area (Å²) in [6.45, 7) is 4.01. The van der Waals surface area contributed by atoms with Gasteiger partial charge in [0.25, 0.3) is 0 Å². The van der Waals surface area contributed by atoms with Gasteiger partial charge in [-0.05, 0) is 49.3 Å². The van der Waals surface area contributed by atoms with Gasteiger partial charge in [-0.1, -0.05) is 31.5 Å². The second kappa shape index (κ2) is 6.17. The second-order valence-corrected chi connectivity index (χ2v) is 5.91. The summed E-state index contributed by atoms with van der Waals surface area (Å²) in [6, 6.07) is 5.78. The highest BCUT2D eigenvalue weighted by atomic mass is 19.4. The lowest BCUT2D eigenvalue weighted by atomic mass is 9.65. The average molecular weight is 285 g/mol. The Balaban J connectivity index is 2.04. The highest BCUT2D eigenvalue weighted by Gasteiger charge is 2.37. The molecule has 0 bridgehead atoms. The minimum atomic E-state index is -4.25. The molecule has 0 saturated heterocycles. The first-order valence-corrected chi connectivity index (χ1v) is 7.32. The van der Waals surface area contributed by atoms with Crippen molar-refractivity contribution in [2.24, 2.45) is 5.41 Å². The smallest absolute Gasteiger partial charge is 0.316 e. The fraction of sp³-hybridized carbons (Fsp3) is 0.625. The van der Waals surface area contributed by atoms with Crippen LogP contribution >= 0.6 is 0 Å². The summed E-state index contributed by atoms with van der Waals surface area (Å²) in [6.07, 6.45) is 0.989. The van der Waals surface area contributed by atoms with Gasteiger partial charge in [-0.2, -0.15) is 13.2 Å². The predicted molar refractivity (Wildman–Crippen MR) is 74.6 cm³/mol. The van der Waals surface area contributed by atoms with E-state index in [1.165, 1.54) is 18.6 Å². The van der Waals surface area contributed by atoms with Crippen LogP contribution in [0.3, 0.4) is 0 Å². The molecule has 0 spiro atoms. The van der Waals surface area contributed by atoms with Crippen LogP contribution in [0.1, 0.15) is 43.7 Å². The maximum Gasteiger partial charge on any atom is 0.416 e. The summed E-state index contributed by atoms with van der Waals surface area (Å²) in [5.74, 6) is 0. The fourth-order valence-corrected chi connectivity index (χ4v) is 2.91. The lowest BCUT2D eigenvalue weighted by molar-refractivity contribution is -0.137. The first-order chi connectivity index (χ1) is 9.45. The van der Waals surface area contributed by atoms with Crippen LogP contribution in [0.5, 0.6) is 0 Å². The van der Waals surface area contributed by atoms with Crippen LogP contribution in [0, 0.1) is 5.41 Å². The van der Waals surface area contributed by atoms with Crippen molar-refractivity contribution in [1.82, 2.24) is 5.32 Å². The average Bonchev–Trinajstić information content (AvgIpc) is 2.35. The van der Waals surface area contributed by atoms with Gasteiger partial charge in [0.1, 0.15) is 0 Å². The molecular formula is C16H22F3N. The van der Waals surface area contributed by atoms with Crippen LogP contribution in [0.25, 0.3) is 0 Å². The normalized spacial score (nSPS) is 17.8. The zero-order valence-corrected chi connectivity index (χ0v) is 11.9. The summed E-state index contributed by atoms with van der Waals surface area (Å²) >= 11 is 0. The van der Waals surface area contributed by atoms with E-state index in [1.807, 2.05) is 6.07 Å². The van der Waals surface area contributed by atoms with E-state index in [9.17, 15) is 13.2 Å². The third-order valence-corrected chi connectivity index (χ3v) is 4.17. The van der Waals surface area contributed by atoms with Crippen molar-refractivity contribution in [3.8, 4) is 0 Å². The SMILES string of the molecule is CCCNCC1(Cc2cccc(C(F)(F)F)c2)CCC1. The highest BCUT2D eigenvalue weighted by molar-refractivity contribution is 5.27. The quantitative estimate of drug-likeness (QED) is 0.763. The minimum absolute atomic E-state index is 0.166.